The number of rotatable bonds is 5. The van der Waals surface area contributed by atoms with Gasteiger partial charge in [0.2, 0.25) is 5.91 Å². The van der Waals surface area contributed by atoms with Gasteiger partial charge >= 0.3 is 0 Å². The molecule has 2 heterocycles. The SMILES string of the molecule is CC(C)CNC(=O)CN1CCCC(C2CCCN2)C1. The number of carbonyl (C=O) groups is 1. The van der Waals surface area contributed by atoms with E-state index < -0.39 is 0 Å². The maximum absolute atomic E-state index is 11.9. The zero-order valence-corrected chi connectivity index (χ0v) is 12.5. The van der Waals surface area contributed by atoms with E-state index in [-0.39, 0.29) is 5.91 Å². The minimum atomic E-state index is 0.189. The molecule has 2 aliphatic heterocycles. The number of hydrogen-bond donors (Lipinski definition) is 2. The van der Waals surface area contributed by atoms with Gasteiger partial charge in [-0.3, -0.25) is 9.69 Å². The highest BCUT2D eigenvalue weighted by Crippen LogP contribution is 2.24. The van der Waals surface area contributed by atoms with E-state index in [2.05, 4.69) is 29.4 Å². The van der Waals surface area contributed by atoms with Crippen LogP contribution in [0.25, 0.3) is 0 Å². The van der Waals surface area contributed by atoms with Crippen molar-refractivity contribution >= 4 is 5.91 Å². The fourth-order valence-corrected chi connectivity index (χ4v) is 3.25. The van der Waals surface area contributed by atoms with Gasteiger partial charge in [0.1, 0.15) is 0 Å². The number of likely N-dealkylation sites (tertiary alicyclic amines) is 1. The molecule has 2 unspecified atom stereocenters. The summed E-state index contributed by atoms with van der Waals surface area (Å²) in [7, 11) is 0. The molecule has 2 aliphatic rings. The summed E-state index contributed by atoms with van der Waals surface area (Å²) in [6.07, 6.45) is 5.19. The Labute approximate surface area is 117 Å². The molecule has 2 rings (SSSR count). The Morgan fingerprint density at radius 3 is 2.89 bits per heavy atom. The third-order valence-electron chi connectivity index (χ3n) is 4.28. The molecular formula is C15H29N3O. The maximum Gasteiger partial charge on any atom is 0.234 e. The normalized spacial score (nSPS) is 28.8. The predicted molar refractivity (Wildman–Crippen MR) is 78.0 cm³/mol. The Bertz CT molecular complexity index is 287. The molecule has 2 N–H and O–H groups in total. The van der Waals surface area contributed by atoms with Gasteiger partial charge in [-0.1, -0.05) is 13.8 Å². The summed E-state index contributed by atoms with van der Waals surface area (Å²) < 4.78 is 0. The van der Waals surface area contributed by atoms with Gasteiger partial charge in [0.15, 0.2) is 0 Å². The largest absolute Gasteiger partial charge is 0.355 e. The molecule has 0 aromatic carbocycles. The van der Waals surface area contributed by atoms with Crippen LogP contribution in [-0.2, 0) is 4.79 Å². The first-order valence-electron chi connectivity index (χ1n) is 7.87. The number of piperidine rings is 1. The Balaban J connectivity index is 1.72. The van der Waals surface area contributed by atoms with Crippen molar-refractivity contribution in [3.63, 3.8) is 0 Å². The Hall–Kier alpha value is -0.610. The van der Waals surface area contributed by atoms with Crippen LogP contribution in [-0.4, -0.2) is 49.6 Å². The van der Waals surface area contributed by atoms with Crippen molar-refractivity contribution in [3.8, 4) is 0 Å². The first-order chi connectivity index (χ1) is 9.15. The highest BCUT2D eigenvalue weighted by molar-refractivity contribution is 5.78. The van der Waals surface area contributed by atoms with Crippen LogP contribution in [0.2, 0.25) is 0 Å². The molecule has 2 saturated heterocycles. The van der Waals surface area contributed by atoms with E-state index in [0.29, 0.717) is 18.5 Å². The summed E-state index contributed by atoms with van der Waals surface area (Å²) in [5, 5.41) is 6.63. The number of amides is 1. The number of nitrogens with zero attached hydrogens (tertiary/aromatic N) is 1. The van der Waals surface area contributed by atoms with Crippen LogP contribution in [0.4, 0.5) is 0 Å². The van der Waals surface area contributed by atoms with Crippen LogP contribution in [0.1, 0.15) is 39.5 Å². The molecule has 0 aromatic heterocycles. The fourth-order valence-electron chi connectivity index (χ4n) is 3.25. The van der Waals surface area contributed by atoms with Gasteiger partial charge in [-0.05, 0) is 50.6 Å². The molecule has 19 heavy (non-hydrogen) atoms. The van der Waals surface area contributed by atoms with E-state index in [0.717, 1.165) is 25.6 Å². The van der Waals surface area contributed by atoms with Crippen LogP contribution in [0.3, 0.4) is 0 Å². The second kappa shape index (κ2) is 7.25. The van der Waals surface area contributed by atoms with Crippen LogP contribution < -0.4 is 10.6 Å². The van der Waals surface area contributed by atoms with E-state index in [4.69, 9.17) is 0 Å². The molecule has 4 nitrogen and oxygen atoms in total. The van der Waals surface area contributed by atoms with Crippen molar-refractivity contribution in [2.45, 2.75) is 45.6 Å². The molecule has 0 bridgehead atoms. The lowest BCUT2D eigenvalue weighted by molar-refractivity contribution is -0.122. The molecule has 4 heteroatoms. The van der Waals surface area contributed by atoms with Crippen molar-refractivity contribution in [3.05, 3.63) is 0 Å². The first kappa shape index (κ1) is 14.8. The molecule has 0 radical (unpaired) electrons. The van der Waals surface area contributed by atoms with Crippen molar-refractivity contribution in [1.82, 2.24) is 15.5 Å². The van der Waals surface area contributed by atoms with Gasteiger partial charge in [0, 0.05) is 19.1 Å². The second-order valence-electron chi connectivity index (χ2n) is 6.54. The zero-order valence-electron chi connectivity index (χ0n) is 12.5. The number of nitrogens with one attached hydrogen (secondary N) is 2. The predicted octanol–water partition coefficient (Wildman–Crippen LogP) is 1.22. The highest BCUT2D eigenvalue weighted by atomic mass is 16.2. The van der Waals surface area contributed by atoms with E-state index in [1.54, 1.807) is 0 Å². The standard InChI is InChI=1S/C15H29N3O/c1-12(2)9-17-15(19)11-18-8-4-5-13(10-18)14-6-3-7-16-14/h12-14,16H,3-11H2,1-2H3,(H,17,19). The molecule has 2 atom stereocenters. The molecule has 0 aromatic rings. The van der Waals surface area contributed by atoms with Gasteiger partial charge in [0.25, 0.3) is 0 Å². The van der Waals surface area contributed by atoms with Gasteiger partial charge < -0.3 is 10.6 Å². The molecule has 0 aliphatic carbocycles. The zero-order chi connectivity index (χ0) is 13.7. The van der Waals surface area contributed by atoms with E-state index in [1.807, 2.05) is 0 Å². The van der Waals surface area contributed by atoms with E-state index in [9.17, 15) is 4.79 Å². The average molecular weight is 267 g/mol. The summed E-state index contributed by atoms with van der Waals surface area (Å²) in [4.78, 5) is 14.2. The van der Waals surface area contributed by atoms with Crippen LogP contribution in [0.15, 0.2) is 0 Å². The first-order valence-corrected chi connectivity index (χ1v) is 7.87. The third-order valence-corrected chi connectivity index (χ3v) is 4.28. The summed E-state index contributed by atoms with van der Waals surface area (Å²) in [6.45, 7) is 8.98. The molecular weight excluding hydrogens is 238 g/mol. The molecule has 2 fully saturated rings. The number of hydrogen-bond acceptors (Lipinski definition) is 3. The van der Waals surface area contributed by atoms with Crippen LogP contribution in [0.5, 0.6) is 0 Å². The van der Waals surface area contributed by atoms with Crippen molar-refractivity contribution in [2.24, 2.45) is 11.8 Å². The minimum absolute atomic E-state index is 0.189. The topological polar surface area (TPSA) is 44.4 Å². The Morgan fingerprint density at radius 2 is 2.21 bits per heavy atom. The van der Waals surface area contributed by atoms with Gasteiger partial charge in [-0.15, -0.1) is 0 Å². The Morgan fingerprint density at radius 1 is 1.37 bits per heavy atom. The molecule has 0 saturated carbocycles. The fraction of sp³-hybridized carbons (Fsp3) is 0.933. The van der Waals surface area contributed by atoms with E-state index in [1.165, 1.54) is 32.2 Å². The van der Waals surface area contributed by atoms with Crippen molar-refractivity contribution < 1.29 is 4.79 Å². The smallest absolute Gasteiger partial charge is 0.234 e. The lowest BCUT2D eigenvalue weighted by Gasteiger charge is -2.35. The molecule has 110 valence electrons. The van der Waals surface area contributed by atoms with Crippen LogP contribution in [0, 0.1) is 11.8 Å². The quantitative estimate of drug-likeness (QED) is 0.787. The lowest BCUT2D eigenvalue weighted by atomic mass is 9.90. The third kappa shape index (κ3) is 4.77. The van der Waals surface area contributed by atoms with Gasteiger partial charge in [-0.2, -0.15) is 0 Å². The van der Waals surface area contributed by atoms with Crippen LogP contribution >= 0.6 is 0 Å². The summed E-state index contributed by atoms with van der Waals surface area (Å²) in [5.74, 6) is 1.46. The maximum atomic E-state index is 11.9. The second-order valence-corrected chi connectivity index (χ2v) is 6.54. The van der Waals surface area contributed by atoms with Gasteiger partial charge in [0.05, 0.1) is 6.54 Å². The van der Waals surface area contributed by atoms with Crippen molar-refractivity contribution in [1.29, 1.82) is 0 Å². The minimum Gasteiger partial charge on any atom is -0.355 e. The molecule has 1 amide bonds. The van der Waals surface area contributed by atoms with Crippen molar-refractivity contribution in [2.75, 3.05) is 32.7 Å². The summed E-state index contributed by atoms with van der Waals surface area (Å²) in [5.41, 5.74) is 0. The molecule has 0 spiro atoms. The highest BCUT2D eigenvalue weighted by Gasteiger charge is 2.29. The lowest BCUT2D eigenvalue weighted by Crippen LogP contribution is -2.47. The van der Waals surface area contributed by atoms with E-state index >= 15 is 0 Å². The summed E-state index contributed by atoms with van der Waals surface area (Å²) >= 11 is 0. The number of carbonyl (C=O) groups excluding carboxylic acids is 1. The average Bonchev–Trinajstić information content (AvgIpc) is 2.90. The summed E-state index contributed by atoms with van der Waals surface area (Å²) in [6, 6.07) is 0.696. The monoisotopic (exact) mass is 267 g/mol. The van der Waals surface area contributed by atoms with Gasteiger partial charge in [-0.25, -0.2) is 0 Å². The Kier molecular flexibility index (Phi) is 5.64.